The highest BCUT2D eigenvalue weighted by molar-refractivity contribution is 5.60. The molecular weight excluding hydrogens is 300 g/mol. The number of nitriles is 2. The number of hydrogen-bond donors (Lipinski definition) is 0. The molecule has 0 radical (unpaired) electrons. The van der Waals surface area contributed by atoms with Gasteiger partial charge in [0.15, 0.2) is 0 Å². The van der Waals surface area contributed by atoms with Gasteiger partial charge >= 0.3 is 0 Å². The van der Waals surface area contributed by atoms with E-state index in [1.54, 1.807) is 0 Å². The molecule has 0 aliphatic rings. The lowest BCUT2D eigenvalue weighted by atomic mass is 9.89. The molecular formula is C20H28N2O2. The molecule has 0 amide bonds. The quantitative estimate of drug-likeness (QED) is 0.695. The second-order valence-corrected chi connectivity index (χ2v) is 6.24. The third kappa shape index (κ3) is 4.57. The summed E-state index contributed by atoms with van der Waals surface area (Å²) in [6.07, 6.45) is 2.15. The van der Waals surface area contributed by atoms with Crippen LogP contribution in [0.2, 0.25) is 0 Å². The molecule has 0 bridgehead atoms. The molecule has 0 aliphatic carbocycles. The number of benzene rings is 1. The van der Waals surface area contributed by atoms with Crippen LogP contribution in [-0.4, -0.2) is 12.2 Å². The summed E-state index contributed by atoms with van der Waals surface area (Å²) in [4.78, 5) is 0. The van der Waals surface area contributed by atoms with Gasteiger partial charge in [0.25, 0.3) is 0 Å². The molecule has 0 aliphatic heterocycles. The first-order valence-electron chi connectivity index (χ1n) is 8.59. The Labute approximate surface area is 146 Å². The number of hydrogen-bond acceptors (Lipinski definition) is 4. The van der Waals surface area contributed by atoms with Gasteiger partial charge in [-0.1, -0.05) is 13.8 Å². The molecule has 0 saturated heterocycles. The van der Waals surface area contributed by atoms with E-state index in [0.29, 0.717) is 24.3 Å². The normalized spacial score (nSPS) is 13.2. The zero-order valence-electron chi connectivity index (χ0n) is 15.7. The van der Waals surface area contributed by atoms with E-state index in [0.717, 1.165) is 35.1 Å². The summed E-state index contributed by atoms with van der Waals surface area (Å²) in [6, 6.07) is 4.36. The third-order valence-corrected chi connectivity index (χ3v) is 4.67. The second kappa shape index (κ2) is 9.42. The first-order valence-corrected chi connectivity index (χ1v) is 8.59. The van der Waals surface area contributed by atoms with Crippen LogP contribution < -0.4 is 0 Å². The zero-order chi connectivity index (χ0) is 18.3. The molecule has 0 spiro atoms. The molecule has 4 heteroatoms. The zero-order valence-corrected chi connectivity index (χ0v) is 15.7. The molecule has 0 saturated carbocycles. The van der Waals surface area contributed by atoms with Crippen LogP contribution in [0.4, 0.5) is 0 Å². The van der Waals surface area contributed by atoms with Crippen molar-refractivity contribution in [3.05, 3.63) is 33.4 Å². The Morgan fingerprint density at radius 3 is 1.38 bits per heavy atom. The van der Waals surface area contributed by atoms with Gasteiger partial charge in [-0.05, 0) is 62.8 Å². The van der Waals surface area contributed by atoms with Crippen LogP contribution in [0.1, 0.15) is 73.9 Å². The average molecular weight is 328 g/mol. The molecule has 0 fully saturated rings. The summed E-state index contributed by atoms with van der Waals surface area (Å²) < 4.78 is 11.8. The summed E-state index contributed by atoms with van der Waals surface area (Å²) in [5.74, 6) is 0. The van der Waals surface area contributed by atoms with Crippen LogP contribution in [0.3, 0.4) is 0 Å². The maximum absolute atomic E-state index is 9.48. The molecule has 0 heterocycles. The lowest BCUT2D eigenvalue weighted by Crippen LogP contribution is -2.14. The fourth-order valence-corrected chi connectivity index (χ4v) is 2.49. The monoisotopic (exact) mass is 328 g/mol. The minimum absolute atomic E-state index is 0.147. The number of nitrogens with zero attached hydrogens (tertiary/aromatic N) is 2. The van der Waals surface area contributed by atoms with E-state index >= 15 is 0 Å². The lowest BCUT2D eigenvalue weighted by Gasteiger charge is -2.21. The van der Waals surface area contributed by atoms with Gasteiger partial charge in [-0.15, -0.1) is 0 Å². The highest BCUT2D eigenvalue weighted by atomic mass is 16.5. The van der Waals surface area contributed by atoms with Crippen molar-refractivity contribution in [1.29, 1.82) is 10.5 Å². The van der Waals surface area contributed by atoms with Crippen LogP contribution >= 0.6 is 0 Å². The van der Waals surface area contributed by atoms with Crippen LogP contribution in [-0.2, 0) is 22.7 Å². The second-order valence-electron chi connectivity index (χ2n) is 6.24. The Morgan fingerprint density at radius 1 is 0.792 bits per heavy atom. The van der Waals surface area contributed by atoms with Gasteiger partial charge in [-0.25, -0.2) is 0 Å². The van der Waals surface area contributed by atoms with E-state index in [-0.39, 0.29) is 12.2 Å². The van der Waals surface area contributed by atoms with Gasteiger partial charge in [-0.2, -0.15) is 10.5 Å². The fraction of sp³-hybridized carbons (Fsp3) is 0.600. The topological polar surface area (TPSA) is 66.0 Å². The van der Waals surface area contributed by atoms with Gasteiger partial charge < -0.3 is 9.47 Å². The standard InChI is InChI=1S/C20H28N2O2/c1-7-13(3)23-11-19-15(5)17(9-21)18(10-22)16(6)20(19)12-24-14(4)8-2/h13-14H,7-8,11-12H2,1-6H3. The summed E-state index contributed by atoms with van der Waals surface area (Å²) in [6.45, 7) is 12.9. The minimum Gasteiger partial charge on any atom is -0.374 e. The maximum atomic E-state index is 9.48. The van der Waals surface area contributed by atoms with Crippen LogP contribution in [0.5, 0.6) is 0 Å². The average Bonchev–Trinajstić information content (AvgIpc) is 2.59. The van der Waals surface area contributed by atoms with Gasteiger partial charge in [0.05, 0.1) is 36.5 Å². The first kappa shape index (κ1) is 20.2. The maximum Gasteiger partial charge on any atom is 0.101 e. The lowest BCUT2D eigenvalue weighted by molar-refractivity contribution is 0.0392. The predicted octanol–water partition coefficient (Wildman–Crippen LogP) is 4.68. The van der Waals surface area contributed by atoms with Crippen LogP contribution in [0.15, 0.2) is 0 Å². The Bertz CT molecular complexity index is 596. The van der Waals surface area contributed by atoms with Crippen molar-refractivity contribution < 1.29 is 9.47 Å². The Hall–Kier alpha value is -1.88. The molecule has 4 nitrogen and oxygen atoms in total. The molecule has 130 valence electrons. The Morgan fingerprint density at radius 2 is 1.12 bits per heavy atom. The van der Waals surface area contributed by atoms with E-state index in [2.05, 4.69) is 26.0 Å². The number of rotatable bonds is 8. The molecule has 1 rings (SSSR count). The fourth-order valence-electron chi connectivity index (χ4n) is 2.49. The van der Waals surface area contributed by atoms with Gasteiger partial charge in [0.2, 0.25) is 0 Å². The molecule has 1 aromatic rings. The van der Waals surface area contributed by atoms with Crippen LogP contribution in [0.25, 0.3) is 0 Å². The van der Waals surface area contributed by atoms with E-state index in [1.165, 1.54) is 0 Å². The number of ether oxygens (including phenoxy) is 2. The molecule has 24 heavy (non-hydrogen) atoms. The summed E-state index contributed by atoms with van der Waals surface area (Å²) in [5, 5.41) is 19.0. The van der Waals surface area contributed by atoms with E-state index in [4.69, 9.17) is 9.47 Å². The SMILES string of the molecule is CCC(C)OCc1c(C)c(C#N)c(C#N)c(C)c1COC(C)CC. The van der Waals surface area contributed by atoms with Crippen molar-refractivity contribution in [2.75, 3.05) is 0 Å². The van der Waals surface area contributed by atoms with Crippen molar-refractivity contribution >= 4 is 0 Å². The van der Waals surface area contributed by atoms with Crippen molar-refractivity contribution in [2.24, 2.45) is 0 Å². The van der Waals surface area contributed by atoms with Gasteiger partial charge in [0, 0.05) is 0 Å². The molecule has 0 N–H and O–H groups in total. The van der Waals surface area contributed by atoms with Crippen molar-refractivity contribution in [1.82, 2.24) is 0 Å². The van der Waals surface area contributed by atoms with Crippen molar-refractivity contribution in [3.63, 3.8) is 0 Å². The first-order chi connectivity index (χ1) is 11.4. The largest absolute Gasteiger partial charge is 0.374 e. The van der Waals surface area contributed by atoms with Gasteiger partial charge in [-0.3, -0.25) is 0 Å². The summed E-state index contributed by atoms with van der Waals surface area (Å²) in [7, 11) is 0. The molecule has 1 aromatic carbocycles. The van der Waals surface area contributed by atoms with Gasteiger partial charge in [0.1, 0.15) is 12.1 Å². The summed E-state index contributed by atoms with van der Waals surface area (Å²) in [5.41, 5.74) is 4.50. The molecule has 2 atom stereocenters. The predicted molar refractivity (Wildman–Crippen MR) is 94.4 cm³/mol. The Kier molecular flexibility index (Phi) is 7.92. The highest BCUT2D eigenvalue weighted by Crippen LogP contribution is 2.29. The molecule has 0 aromatic heterocycles. The third-order valence-electron chi connectivity index (χ3n) is 4.67. The highest BCUT2D eigenvalue weighted by Gasteiger charge is 2.20. The summed E-state index contributed by atoms with van der Waals surface area (Å²) >= 11 is 0. The van der Waals surface area contributed by atoms with E-state index in [1.807, 2.05) is 27.7 Å². The van der Waals surface area contributed by atoms with Crippen molar-refractivity contribution in [3.8, 4) is 12.1 Å². The molecule has 2 unspecified atom stereocenters. The van der Waals surface area contributed by atoms with E-state index in [9.17, 15) is 10.5 Å². The minimum atomic E-state index is 0.147. The van der Waals surface area contributed by atoms with E-state index < -0.39 is 0 Å². The Balaban J connectivity index is 3.37. The van der Waals surface area contributed by atoms with Crippen molar-refractivity contribution in [2.45, 2.75) is 79.8 Å². The van der Waals surface area contributed by atoms with Crippen LogP contribution in [0, 0.1) is 36.5 Å². The smallest absolute Gasteiger partial charge is 0.101 e.